The number of benzene rings is 1. The van der Waals surface area contributed by atoms with Gasteiger partial charge in [-0.2, -0.15) is 0 Å². The summed E-state index contributed by atoms with van der Waals surface area (Å²) >= 11 is 6.20. The van der Waals surface area contributed by atoms with Crippen molar-refractivity contribution in [2.24, 2.45) is 0 Å². The molecule has 1 aromatic rings. The van der Waals surface area contributed by atoms with E-state index in [-0.39, 0.29) is 17.5 Å². The first-order valence-corrected chi connectivity index (χ1v) is 8.79. The summed E-state index contributed by atoms with van der Waals surface area (Å²) in [5.74, 6) is 1.70. The molecular formula is C13H16ClNO4S. The minimum atomic E-state index is -2.94. The molecule has 3 rings (SSSR count). The molecule has 20 heavy (non-hydrogen) atoms. The predicted molar refractivity (Wildman–Crippen MR) is 77.7 cm³/mol. The fourth-order valence-electron chi connectivity index (χ4n) is 2.53. The Morgan fingerprint density at radius 3 is 2.60 bits per heavy atom. The molecule has 0 aliphatic carbocycles. The summed E-state index contributed by atoms with van der Waals surface area (Å²) in [5.41, 5.74) is 0.693. The van der Waals surface area contributed by atoms with E-state index >= 15 is 0 Å². The van der Waals surface area contributed by atoms with Crippen LogP contribution < -0.4 is 14.8 Å². The van der Waals surface area contributed by atoms with Crippen molar-refractivity contribution in [1.82, 2.24) is 0 Å². The molecule has 2 aliphatic heterocycles. The Bertz CT molecular complexity index is 617. The van der Waals surface area contributed by atoms with Gasteiger partial charge < -0.3 is 14.8 Å². The number of fused-ring (bicyclic) bond motifs is 1. The van der Waals surface area contributed by atoms with Gasteiger partial charge in [-0.05, 0) is 12.8 Å². The fraction of sp³-hybridized carbons (Fsp3) is 0.538. The molecular weight excluding hydrogens is 302 g/mol. The molecule has 1 saturated heterocycles. The highest BCUT2D eigenvalue weighted by Crippen LogP contribution is 2.38. The van der Waals surface area contributed by atoms with Crippen LogP contribution in [0.4, 0.5) is 5.69 Å². The van der Waals surface area contributed by atoms with Crippen molar-refractivity contribution in [3.8, 4) is 11.5 Å². The van der Waals surface area contributed by atoms with E-state index in [1.165, 1.54) is 0 Å². The molecule has 1 atom stereocenters. The standard InChI is InChI=1S/C13H16ClNO4S/c14-10-6-12-13(19-4-3-18-12)7-11(10)15-9-2-1-5-20(16,17)8-9/h6-7,9,15H,1-5,8H2. The molecule has 1 fully saturated rings. The highest BCUT2D eigenvalue weighted by Gasteiger charge is 2.25. The lowest BCUT2D eigenvalue weighted by molar-refractivity contribution is 0.171. The molecule has 0 radical (unpaired) electrons. The number of sulfone groups is 1. The second-order valence-corrected chi connectivity index (χ2v) is 7.71. The number of anilines is 1. The van der Waals surface area contributed by atoms with Gasteiger partial charge in [0.2, 0.25) is 0 Å². The molecule has 0 bridgehead atoms. The summed E-state index contributed by atoms with van der Waals surface area (Å²) in [7, 11) is -2.94. The molecule has 0 aromatic heterocycles. The third kappa shape index (κ3) is 2.96. The van der Waals surface area contributed by atoms with Crippen molar-refractivity contribution >= 4 is 27.1 Å². The summed E-state index contributed by atoms with van der Waals surface area (Å²) in [6.45, 7) is 1.02. The van der Waals surface area contributed by atoms with E-state index in [9.17, 15) is 8.42 Å². The van der Waals surface area contributed by atoms with Crippen molar-refractivity contribution in [2.75, 3.05) is 30.0 Å². The van der Waals surface area contributed by atoms with Crippen molar-refractivity contribution in [1.29, 1.82) is 0 Å². The number of halogens is 1. The lowest BCUT2D eigenvalue weighted by Crippen LogP contribution is -2.34. The Morgan fingerprint density at radius 1 is 1.20 bits per heavy atom. The monoisotopic (exact) mass is 317 g/mol. The quantitative estimate of drug-likeness (QED) is 0.905. The van der Waals surface area contributed by atoms with Gasteiger partial charge in [-0.1, -0.05) is 11.6 Å². The van der Waals surface area contributed by atoms with Gasteiger partial charge in [-0.25, -0.2) is 8.42 Å². The van der Waals surface area contributed by atoms with Gasteiger partial charge >= 0.3 is 0 Å². The van der Waals surface area contributed by atoms with Gasteiger partial charge in [0.15, 0.2) is 21.3 Å². The first-order chi connectivity index (χ1) is 9.53. The molecule has 1 unspecified atom stereocenters. The van der Waals surface area contributed by atoms with Gasteiger partial charge in [-0.15, -0.1) is 0 Å². The van der Waals surface area contributed by atoms with Crippen LogP contribution in [0.15, 0.2) is 12.1 Å². The Kier molecular flexibility index (Phi) is 3.69. The van der Waals surface area contributed by atoms with Gasteiger partial charge in [0.05, 0.1) is 22.2 Å². The van der Waals surface area contributed by atoms with E-state index in [2.05, 4.69) is 5.32 Å². The van der Waals surface area contributed by atoms with Gasteiger partial charge in [0.1, 0.15) is 13.2 Å². The van der Waals surface area contributed by atoms with Crippen LogP contribution in [0, 0.1) is 0 Å². The molecule has 7 heteroatoms. The number of nitrogens with one attached hydrogen (secondary N) is 1. The molecule has 2 heterocycles. The maximum atomic E-state index is 11.7. The van der Waals surface area contributed by atoms with Crippen LogP contribution in [0.25, 0.3) is 0 Å². The molecule has 5 nitrogen and oxygen atoms in total. The second-order valence-electron chi connectivity index (χ2n) is 5.07. The summed E-state index contributed by atoms with van der Waals surface area (Å²) in [6, 6.07) is 3.38. The molecule has 1 aromatic carbocycles. The summed E-state index contributed by atoms with van der Waals surface area (Å²) in [6.07, 6.45) is 1.51. The molecule has 0 spiro atoms. The van der Waals surface area contributed by atoms with Crippen molar-refractivity contribution < 1.29 is 17.9 Å². The van der Waals surface area contributed by atoms with Crippen LogP contribution in [0.2, 0.25) is 5.02 Å². The highest BCUT2D eigenvalue weighted by atomic mass is 35.5. The SMILES string of the molecule is O=S1(=O)CCCC(Nc2cc3c(cc2Cl)OCCO3)C1. The molecule has 2 aliphatic rings. The predicted octanol–water partition coefficient (Wildman–Crippen LogP) is 2.10. The van der Waals surface area contributed by atoms with Crippen LogP contribution in [0.3, 0.4) is 0 Å². The topological polar surface area (TPSA) is 64.6 Å². The number of ether oxygens (including phenoxy) is 2. The maximum absolute atomic E-state index is 11.7. The van der Waals surface area contributed by atoms with E-state index < -0.39 is 9.84 Å². The van der Waals surface area contributed by atoms with E-state index in [0.717, 1.165) is 6.42 Å². The molecule has 1 N–H and O–H groups in total. The summed E-state index contributed by atoms with van der Waals surface area (Å²) in [4.78, 5) is 0. The Hall–Kier alpha value is -1.14. The molecule has 110 valence electrons. The average molecular weight is 318 g/mol. The van der Waals surface area contributed by atoms with Gasteiger partial charge in [0, 0.05) is 18.2 Å². The fourth-order valence-corrected chi connectivity index (χ4v) is 4.38. The zero-order valence-corrected chi connectivity index (χ0v) is 12.5. The maximum Gasteiger partial charge on any atom is 0.163 e. The minimum Gasteiger partial charge on any atom is -0.486 e. The van der Waals surface area contributed by atoms with Crippen LogP contribution in [-0.2, 0) is 9.84 Å². The van der Waals surface area contributed by atoms with E-state index in [4.69, 9.17) is 21.1 Å². The zero-order chi connectivity index (χ0) is 14.2. The minimum absolute atomic E-state index is 0.103. The van der Waals surface area contributed by atoms with Crippen molar-refractivity contribution in [3.63, 3.8) is 0 Å². The third-order valence-corrected chi connectivity index (χ3v) is 5.59. The number of rotatable bonds is 2. The average Bonchev–Trinajstić information content (AvgIpc) is 2.38. The van der Waals surface area contributed by atoms with E-state index in [1.54, 1.807) is 12.1 Å². The first-order valence-electron chi connectivity index (χ1n) is 6.60. The smallest absolute Gasteiger partial charge is 0.163 e. The van der Waals surface area contributed by atoms with Crippen molar-refractivity contribution in [3.05, 3.63) is 17.2 Å². The van der Waals surface area contributed by atoms with Gasteiger partial charge in [0.25, 0.3) is 0 Å². The highest BCUT2D eigenvalue weighted by molar-refractivity contribution is 7.91. The number of hydrogen-bond donors (Lipinski definition) is 1. The first kappa shape index (κ1) is 13.8. The molecule has 0 saturated carbocycles. The zero-order valence-electron chi connectivity index (χ0n) is 10.9. The summed E-state index contributed by atoms with van der Waals surface area (Å²) in [5, 5.41) is 3.72. The Labute approximate surface area is 123 Å². The van der Waals surface area contributed by atoms with Crippen LogP contribution >= 0.6 is 11.6 Å². The van der Waals surface area contributed by atoms with Gasteiger partial charge in [-0.3, -0.25) is 0 Å². The lowest BCUT2D eigenvalue weighted by Gasteiger charge is -2.26. The normalized spacial score (nSPS) is 24.1. The summed E-state index contributed by atoms with van der Waals surface area (Å²) < 4.78 is 34.3. The van der Waals surface area contributed by atoms with Crippen LogP contribution in [-0.4, -0.2) is 39.2 Å². The van der Waals surface area contributed by atoms with E-state index in [0.29, 0.717) is 41.8 Å². The van der Waals surface area contributed by atoms with Crippen molar-refractivity contribution in [2.45, 2.75) is 18.9 Å². The van der Waals surface area contributed by atoms with Crippen LogP contribution in [0.5, 0.6) is 11.5 Å². The molecule has 0 amide bonds. The lowest BCUT2D eigenvalue weighted by atomic mass is 10.1. The Morgan fingerprint density at radius 2 is 1.90 bits per heavy atom. The third-order valence-electron chi connectivity index (χ3n) is 3.45. The van der Waals surface area contributed by atoms with Crippen LogP contribution in [0.1, 0.15) is 12.8 Å². The number of hydrogen-bond acceptors (Lipinski definition) is 5. The van der Waals surface area contributed by atoms with E-state index in [1.807, 2.05) is 0 Å². The Balaban J connectivity index is 1.80. The second kappa shape index (κ2) is 5.33. The largest absolute Gasteiger partial charge is 0.486 e.